The van der Waals surface area contributed by atoms with Gasteiger partial charge in [0.15, 0.2) is 0 Å². The van der Waals surface area contributed by atoms with Crippen molar-refractivity contribution in [2.45, 2.75) is 6.42 Å². The lowest BCUT2D eigenvalue weighted by Gasteiger charge is -2.22. The van der Waals surface area contributed by atoms with Gasteiger partial charge in [-0.3, -0.25) is 9.59 Å². The van der Waals surface area contributed by atoms with Crippen molar-refractivity contribution in [3.63, 3.8) is 0 Å². The third kappa shape index (κ3) is 3.85. The molecule has 2 aromatic rings. The van der Waals surface area contributed by atoms with Gasteiger partial charge in [0.25, 0.3) is 11.8 Å². The molecule has 3 rings (SSSR count). The van der Waals surface area contributed by atoms with Crippen LogP contribution < -0.4 is 0 Å². The van der Waals surface area contributed by atoms with Crippen LogP contribution in [0.4, 0.5) is 4.39 Å². The first kappa shape index (κ1) is 17.5. The molecule has 5 nitrogen and oxygen atoms in total. The summed E-state index contributed by atoms with van der Waals surface area (Å²) in [6, 6.07) is 5.73. The summed E-state index contributed by atoms with van der Waals surface area (Å²) in [6.07, 6.45) is 4.24. The van der Waals surface area contributed by atoms with E-state index in [-0.39, 0.29) is 11.5 Å². The van der Waals surface area contributed by atoms with Crippen LogP contribution >= 0.6 is 11.6 Å². The molecule has 1 aromatic heterocycles. The van der Waals surface area contributed by atoms with Crippen LogP contribution in [0.25, 0.3) is 0 Å². The van der Waals surface area contributed by atoms with E-state index in [0.29, 0.717) is 43.2 Å². The summed E-state index contributed by atoms with van der Waals surface area (Å²) in [5, 5.41) is 0.320. The van der Waals surface area contributed by atoms with Gasteiger partial charge in [-0.15, -0.1) is 0 Å². The lowest BCUT2D eigenvalue weighted by atomic mass is 10.2. The van der Waals surface area contributed by atoms with Gasteiger partial charge in [0, 0.05) is 50.6 Å². The zero-order valence-corrected chi connectivity index (χ0v) is 14.7. The monoisotopic (exact) mass is 363 g/mol. The minimum atomic E-state index is -0.587. The minimum absolute atomic E-state index is 0.0321. The zero-order valence-electron chi connectivity index (χ0n) is 13.9. The molecule has 2 heterocycles. The summed E-state index contributed by atoms with van der Waals surface area (Å²) < 4.78 is 15.8. The van der Waals surface area contributed by atoms with Crippen LogP contribution in [0.5, 0.6) is 0 Å². The summed E-state index contributed by atoms with van der Waals surface area (Å²) in [5.41, 5.74) is 0.596. The fourth-order valence-electron chi connectivity index (χ4n) is 2.97. The van der Waals surface area contributed by atoms with Crippen molar-refractivity contribution in [1.82, 2.24) is 14.4 Å². The lowest BCUT2D eigenvalue weighted by molar-refractivity contribution is 0.0716. The Hall–Kier alpha value is -2.34. The Bertz CT molecular complexity index is 805. The molecule has 1 fully saturated rings. The molecule has 0 saturated carbocycles. The number of rotatable bonds is 2. The van der Waals surface area contributed by atoms with Crippen LogP contribution in [-0.4, -0.2) is 52.4 Å². The molecule has 1 aliphatic heterocycles. The predicted molar refractivity (Wildman–Crippen MR) is 93.2 cm³/mol. The second-order valence-corrected chi connectivity index (χ2v) is 6.56. The Labute approximate surface area is 150 Å². The van der Waals surface area contributed by atoms with Crippen LogP contribution in [0, 0.1) is 5.82 Å². The van der Waals surface area contributed by atoms with Crippen molar-refractivity contribution in [2.75, 3.05) is 26.2 Å². The number of amides is 2. The van der Waals surface area contributed by atoms with Gasteiger partial charge in [-0.05, 0) is 30.7 Å². The summed E-state index contributed by atoms with van der Waals surface area (Å²) in [5.74, 6) is -1.03. The van der Waals surface area contributed by atoms with Gasteiger partial charge in [-0.1, -0.05) is 11.6 Å². The third-order valence-corrected chi connectivity index (χ3v) is 4.54. The number of hydrogen-bond acceptors (Lipinski definition) is 2. The predicted octanol–water partition coefficient (Wildman–Crippen LogP) is 2.81. The quantitative estimate of drug-likeness (QED) is 0.823. The van der Waals surface area contributed by atoms with E-state index in [1.807, 2.05) is 17.8 Å². The van der Waals surface area contributed by atoms with Crippen molar-refractivity contribution < 1.29 is 14.0 Å². The highest BCUT2D eigenvalue weighted by Gasteiger charge is 2.25. The van der Waals surface area contributed by atoms with Crippen LogP contribution in [0.3, 0.4) is 0 Å². The summed E-state index contributed by atoms with van der Waals surface area (Å²) in [6.45, 7) is 1.82. The Morgan fingerprint density at radius 1 is 1.04 bits per heavy atom. The van der Waals surface area contributed by atoms with Crippen LogP contribution in [-0.2, 0) is 7.05 Å². The number of carbonyl (C=O) groups excluding carboxylic acids is 2. The van der Waals surface area contributed by atoms with Gasteiger partial charge in [-0.2, -0.15) is 0 Å². The summed E-state index contributed by atoms with van der Waals surface area (Å²) >= 11 is 5.87. The average molecular weight is 364 g/mol. The van der Waals surface area contributed by atoms with E-state index in [2.05, 4.69) is 0 Å². The highest BCUT2D eigenvalue weighted by molar-refractivity contribution is 6.31. The number of aromatic nitrogens is 1. The highest BCUT2D eigenvalue weighted by atomic mass is 35.5. The molecule has 0 unspecified atom stereocenters. The number of benzene rings is 1. The van der Waals surface area contributed by atoms with Gasteiger partial charge >= 0.3 is 0 Å². The maximum absolute atomic E-state index is 13.9. The van der Waals surface area contributed by atoms with E-state index in [4.69, 9.17) is 11.6 Å². The summed E-state index contributed by atoms with van der Waals surface area (Å²) in [7, 11) is 1.86. The largest absolute Gasteiger partial charge is 0.356 e. The molecule has 0 radical (unpaired) electrons. The molecule has 7 heteroatoms. The molecule has 0 aliphatic carbocycles. The fraction of sp³-hybridized carbons (Fsp3) is 0.333. The van der Waals surface area contributed by atoms with Gasteiger partial charge in [-0.25, -0.2) is 4.39 Å². The van der Waals surface area contributed by atoms with E-state index >= 15 is 0 Å². The van der Waals surface area contributed by atoms with Crippen LogP contribution in [0.1, 0.15) is 27.1 Å². The van der Waals surface area contributed by atoms with Crippen LogP contribution in [0.2, 0.25) is 5.02 Å². The molecule has 2 amide bonds. The number of hydrogen-bond donors (Lipinski definition) is 0. The van der Waals surface area contributed by atoms with Gasteiger partial charge in [0.1, 0.15) is 5.82 Å². The molecular weight excluding hydrogens is 345 g/mol. The Kier molecular flexibility index (Phi) is 5.08. The topological polar surface area (TPSA) is 45.6 Å². The first-order chi connectivity index (χ1) is 12.0. The van der Waals surface area contributed by atoms with E-state index in [0.717, 1.165) is 0 Å². The van der Waals surface area contributed by atoms with Gasteiger partial charge in [0.2, 0.25) is 0 Å². The fourth-order valence-corrected chi connectivity index (χ4v) is 3.14. The molecule has 1 saturated heterocycles. The van der Waals surface area contributed by atoms with Crippen molar-refractivity contribution in [3.8, 4) is 0 Å². The van der Waals surface area contributed by atoms with Crippen LogP contribution in [0.15, 0.2) is 36.7 Å². The number of nitrogens with zero attached hydrogens (tertiary/aromatic N) is 3. The molecule has 1 aliphatic rings. The van der Waals surface area contributed by atoms with Gasteiger partial charge < -0.3 is 14.4 Å². The van der Waals surface area contributed by atoms with Crippen molar-refractivity contribution in [1.29, 1.82) is 0 Å². The lowest BCUT2D eigenvalue weighted by Crippen LogP contribution is -2.37. The summed E-state index contributed by atoms with van der Waals surface area (Å²) in [4.78, 5) is 28.4. The molecule has 0 N–H and O–H groups in total. The smallest absolute Gasteiger partial charge is 0.256 e. The second-order valence-electron chi connectivity index (χ2n) is 6.13. The van der Waals surface area contributed by atoms with Crippen molar-refractivity contribution >= 4 is 23.4 Å². The zero-order chi connectivity index (χ0) is 18.0. The first-order valence-corrected chi connectivity index (χ1v) is 8.49. The third-order valence-electron chi connectivity index (χ3n) is 4.31. The molecule has 25 heavy (non-hydrogen) atoms. The standard InChI is InChI=1S/C18H19ClFN3O2/c1-21-8-5-13(12-21)17(24)22-6-2-7-23(10-9-22)18(25)15-11-14(19)3-4-16(15)20/h3-5,8,11-12H,2,6-7,9-10H2,1H3. The maximum atomic E-state index is 13.9. The van der Waals surface area contributed by atoms with E-state index in [1.54, 1.807) is 22.1 Å². The first-order valence-electron chi connectivity index (χ1n) is 8.11. The average Bonchev–Trinajstić information content (AvgIpc) is 2.88. The molecule has 132 valence electrons. The minimum Gasteiger partial charge on any atom is -0.356 e. The molecule has 1 aromatic carbocycles. The van der Waals surface area contributed by atoms with Crippen molar-refractivity contribution in [3.05, 3.63) is 58.6 Å². The highest BCUT2D eigenvalue weighted by Crippen LogP contribution is 2.18. The van der Waals surface area contributed by atoms with Crippen molar-refractivity contribution in [2.24, 2.45) is 7.05 Å². The van der Waals surface area contributed by atoms with Gasteiger partial charge in [0.05, 0.1) is 11.1 Å². The number of halogens is 2. The maximum Gasteiger partial charge on any atom is 0.256 e. The van der Waals surface area contributed by atoms with E-state index < -0.39 is 11.7 Å². The molecular formula is C18H19ClFN3O2. The number of aryl methyl sites for hydroxylation is 1. The molecule has 0 spiro atoms. The Morgan fingerprint density at radius 3 is 2.36 bits per heavy atom. The molecule has 0 atom stereocenters. The van der Waals surface area contributed by atoms with E-state index in [9.17, 15) is 14.0 Å². The molecule has 0 bridgehead atoms. The second kappa shape index (κ2) is 7.27. The van der Waals surface area contributed by atoms with E-state index in [1.165, 1.54) is 18.2 Å². The Morgan fingerprint density at radius 2 is 1.72 bits per heavy atom. The Balaban J connectivity index is 1.70. The SMILES string of the molecule is Cn1ccc(C(=O)N2CCCN(C(=O)c3cc(Cl)ccc3F)CC2)c1. The normalized spacial score (nSPS) is 15.2. The number of carbonyl (C=O) groups is 2.